The lowest BCUT2D eigenvalue weighted by molar-refractivity contribution is 0.570. The smallest absolute Gasteiger partial charge is 0.233 e. The summed E-state index contributed by atoms with van der Waals surface area (Å²) >= 11 is 0. The normalized spacial score (nSPS) is 11.4. The van der Waals surface area contributed by atoms with Crippen LogP contribution in [0, 0.1) is 5.82 Å². The van der Waals surface area contributed by atoms with E-state index in [-0.39, 0.29) is 27.3 Å². The van der Waals surface area contributed by atoms with Crippen molar-refractivity contribution in [3.05, 3.63) is 60.4 Å². The van der Waals surface area contributed by atoms with Gasteiger partial charge in [-0.1, -0.05) is 30.3 Å². The third-order valence-corrected chi connectivity index (χ3v) is 4.91. The quantitative estimate of drug-likeness (QED) is 0.793. The molecule has 0 atom stereocenters. The first-order valence-electron chi connectivity index (χ1n) is 6.77. The van der Waals surface area contributed by atoms with Crippen molar-refractivity contribution in [1.29, 1.82) is 0 Å². The third-order valence-electron chi connectivity index (χ3n) is 3.24. The van der Waals surface area contributed by atoms with Gasteiger partial charge >= 0.3 is 0 Å². The topological polar surface area (TPSA) is 72.2 Å². The van der Waals surface area contributed by atoms with Gasteiger partial charge in [-0.25, -0.2) is 12.8 Å². The van der Waals surface area contributed by atoms with Crippen molar-refractivity contribution in [2.75, 3.05) is 12.4 Å². The third kappa shape index (κ3) is 2.70. The number of hydrogen-bond donors (Lipinski definition) is 1. The van der Waals surface area contributed by atoms with Crippen LogP contribution in [0.15, 0.2) is 68.9 Å². The average molecular weight is 332 g/mol. The van der Waals surface area contributed by atoms with E-state index in [0.29, 0.717) is 0 Å². The standard InChI is InChI=1S/C16H13FN2O3S/c1-18-15-16(23(20,21)11-7-3-2-4-8-11)19-14(22-15)12-9-5-6-10-13(12)17/h2-10,18H,1H3. The molecule has 0 radical (unpaired) electrons. The SMILES string of the molecule is CNc1oc(-c2ccccc2F)nc1S(=O)(=O)c1ccccc1. The van der Waals surface area contributed by atoms with Crippen molar-refractivity contribution < 1.29 is 17.2 Å². The Morgan fingerprint density at radius 2 is 1.70 bits per heavy atom. The Morgan fingerprint density at radius 1 is 1.04 bits per heavy atom. The minimum absolute atomic E-state index is 0.0351. The predicted octanol–water partition coefficient (Wildman–Crippen LogP) is 3.36. The number of hydrogen-bond acceptors (Lipinski definition) is 5. The molecule has 1 heterocycles. The molecule has 5 nitrogen and oxygen atoms in total. The molecule has 0 fully saturated rings. The van der Waals surface area contributed by atoms with Gasteiger partial charge in [0.25, 0.3) is 0 Å². The Balaban J connectivity index is 2.16. The summed E-state index contributed by atoms with van der Waals surface area (Å²) in [7, 11) is -2.36. The predicted molar refractivity (Wildman–Crippen MR) is 83.3 cm³/mol. The average Bonchev–Trinajstić information content (AvgIpc) is 3.01. The van der Waals surface area contributed by atoms with Crippen LogP contribution in [0.5, 0.6) is 0 Å². The Hall–Kier alpha value is -2.67. The lowest BCUT2D eigenvalue weighted by Gasteiger charge is -2.02. The second-order valence-electron chi connectivity index (χ2n) is 4.70. The molecular weight excluding hydrogens is 319 g/mol. The van der Waals surface area contributed by atoms with Gasteiger partial charge in [-0.15, -0.1) is 0 Å². The van der Waals surface area contributed by atoms with E-state index in [1.165, 1.54) is 37.4 Å². The highest BCUT2D eigenvalue weighted by Crippen LogP contribution is 2.32. The van der Waals surface area contributed by atoms with Crippen LogP contribution in [0.4, 0.5) is 10.3 Å². The van der Waals surface area contributed by atoms with Crippen molar-refractivity contribution in [2.24, 2.45) is 0 Å². The first kappa shape index (κ1) is 15.2. The second-order valence-corrected chi connectivity index (χ2v) is 6.56. The molecule has 3 aromatic rings. The summed E-state index contributed by atoms with van der Waals surface area (Å²) in [6.45, 7) is 0. The summed E-state index contributed by atoms with van der Waals surface area (Å²) in [5.74, 6) is -0.672. The summed E-state index contributed by atoms with van der Waals surface area (Å²) in [4.78, 5) is 4.09. The van der Waals surface area contributed by atoms with E-state index in [1.54, 1.807) is 24.3 Å². The Labute approximate surface area is 132 Å². The van der Waals surface area contributed by atoms with Crippen LogP contribution in [-0.2, 0) is 9.84 Å². The van der Waals surface area contributed by atoms with E-state index in [4.69, 9.17) is 4.42 Å². The molecule has 7 heteroatoms. The Kier molecular flexibility index (Phi) is 3.87. The minimum Gasteiger partial charge on any atom is -0.419 e. The van der Waals surface area contributed by atoms with Gasteiger partial charge in [-0.2, -0.15) is 4.98 Å². The van der Waals surface area contributed by atoms with Gasteiger partial charge in [0.05, 0.1) is 10.5 Å². The maximum absolute atomic E-state index is 13.9. The van der Waals surface area contributed by atoms with Crippen molar-refractivity contribution in [3.8, 4) is 11.5 Å². The molecule has 118 valence electrons. The summed E-state index contributed by atoms with van der Waals surface area (Å²) in [6, 6.07) is 13.7. The summed E-state index contributed by atoms with van der Waals surface area (Å²) in [5.41, 5.74) is 0.0958. The van der Waals surface area contributed by atoms with Crippen LogP contribution in [0.25, 0.3) is 11.5 Å². The maximum atomic E-state index is 13.9. The molecule has 1 aromatic heterocycles. The van der Waals surface area contributed by atoms with Gasteiger partial charge in [-0.3, -0.25) is 0 Å². The first-order valence-corrected chi connectivity index (χ1v) is 8.26. The number of rotatable bonds is 4. The zero-order valence-corrected chi connectivity index (χ0v) is 13.0. The zero-order valence-electron chi connectivity index (χ0n) is 12.2. The van der Waals surface area contributed by atoms with E-state index in [9.17, 15) is 12.8 Å². The molecule has 0 aliphatic carbocycles. The van der Waals surface area contributed by atoms with Gasteiger partial charge in [0.1, 0.15) is 5.82 Å². The molecule has 0 aliphatic heterocycles. The molecule has 23 heavy (non-hydrogen) atoms. The highest BCUT2D eigenvalue weighted by Gasteiger charge is 2.28. The summed E-state index contributed by atoms with van der Waals surface area (Å²) in [5, 5.41) is 2.38. The van der Waals surface area contributed by atoms with Gasteiger partial charge in [0, 0.05) is 7.05 Å². The molecule has 0 unspecified atom stereocenters. The van der Waals surface area contributed by atoms with E-state index in [0.717, 1.165) is 0 Å². The molecule has 1 N–H and O–H groups in total. The lowest BCUT2D eigenvalue weighted by Crippen LogP contribution is -2.05. The summed E-state index contributed by atoms with van der Waals surface area (Å²) in [6.07, 6.45) is 0. The van der Waals surface area contributed by atoms with Crippen LogP contribution >= 0.6 is 0 Å². The van der Waals surface area contributed by atoms with E-state index < -0.39 is 15.7 Å². The number of aromatic nitrogens is 1. The number of sulfone groups is 1. The fourth-order valence-corrected chi connectivity index (χ4v) is 3.44. The second kappa shape index (κ2) is 5.85. The van der Waals surface area contributed by atoms with E-state index in [2.05, 4.69) is 10.3 Å². The Morgan fingerprint density at radius 3 is 2.35 bits per heavy atom. The number of benzene rings is 2. The molecule has 0 bridgehead atoms. The number of anilines is 1. The van der Waals surface area contributed by atoms with E-state index >= 15 is 0 Å². The highest BCUT2D eigenvalue weighted by atomic mass is 32.2. The van der Waals surface area contributed by atoms with Crippen molar-refractivity contribution >= 4 is 15.7 Å². The number of nitrogens with zero attached hydrogens (tertiary/aromatic N) is 1. The molecule has 0 spiro atoms. The van der Waals surface area contributed by atoms with E-state index in [1.807, 2.05) is 0 Å². The number of halogens is 1. The molecule has 3 rings (SSSR count). The molecule has 0 aliphatic rings. The monoisotopic (exact) mass is 332 g/mol. The van der Waals surface area contributed by atoms with Crippen LogP contribution in [0.2, 0.25) is 0 Å². The minimum atomic E-state index is -3.87. The molecule has 2 aromatic carbocycles. The largest absolute Gasteiger partial charge is 0.419 e. The Bertz CT molecular complexity index is 937. The number of oxazole rings is 1. The maximum Gasteiger partial charge on any atom is 0.233 e. The van der Waals surface area contributed by atoms with Gasteiger partial charge in [0.15, 0.2) is 0 Å². The number of nitrogens with one attached hydrogen (secondary N) is 1. The lowest BCUT2D eigenvalue weighted by atomic mass is 10.2. The van der Waals surface area contributed by atoms with Crippen LogP contribution < -0.4 is 5.32 Å². The van der Waals surface area contributed by atoms with Crippen LogP contribution in [0.3, 0.4) is 0 Å². The van der Waals surface area contributed by atoms with Gasteiger partial charge in [-0.05, 0) is 24.3 Å². The fraction of sp³-hybridized carbons (Fsp3) is 0.0625. The van der Waals surface area contributed by atoms with Crippen LogP contribution in [0.1, 0.15) is 0 Å². The fourth-order valence-electron chi connectivity index (χ4n) is 2.11. The molecule has 0 saturated heterocycles. The van der Waals surface area contributed by atoms with Crippen LogP contribution in [-0.4, -0.2) is 20.4 Å². The van der Waals surface area contributed by atoms with Gasteiger partial charge < -0.3 is 9.73 Å². The highest BCUT2D eigenvalue weighted by molar-refractivity contribution is 7.91. The molecular formula is C16H13FN2O3S. The van der Waals surface area contributed by atoms with Crippen molar-refractivity contribution in [1.82, 2.24) is 4.98 Å². The zero-order chi connectivity index (χ0) is 16.4. The molecule has 0 saturated carbocycles. The van der Waals surface area contributed by atoms with Crippen molar-refractivity contribution in [2.45, 2.75) is 9.92 Å². The molecule has 0 amide bonds. The van der Waals surface area contributed by atoms with Crippen molar-refractivity contribution in [3.63, 3.8) is 0 Å². The van der Waals surface area contributed by atoms with Gasteiger partial charge in [0.2, 0.25) is 26.6 Å². The first-order chi connectivity index (χ1) is 11.0. The summed E-state index contributed by atoms with van der Waals surface area (Å²) < 4.78 is 44.6.